The highest BCUT2D eigenvalue weighted by molar-refractivity contribution is 5.22. The van der Waals surface area contributed by atoms with E-state index in [-0.39, 0.29) is 0 Å². The molecule has 0 aromatic rings. The van der Waals surface area contributed by atoms with Gasteiger partial charge in [-0.15, -0.1) is 0 Å². The van der Waals surface area contributed by atoms with Crippen LogP contribution >= 0.6 is 0 Å². The molecule has 1 heteroatoms. The number of allylic oxidation sites excluding steroid dienone is 7. The Morgan fingerprint density at radius 1 is 0.833 bits per heavy atom. The van der Waals surface area contributed by atoms with E-state index in [0.29, 0.717) is 0 Å². The fraction of sp³-hybridized carbons (Fsp3) is 0.412. The van der Waals surface area contributed by atoms with Crippen LogP contribution in [0.25, 0.3) is 0 Å². The molecule has 0 N–H and O–H groups in total. The van der Waals surface area contributed by atoms with Crippen LogP contribution in [0.1, 0.15) is 48.5 Å². The first-order chi connectivity index (χ1) is 8.78. The third-order valence-corrected chi connectivity index (χ3v) is 1.46. The molecule has 0 saturated heterocycles. The van der Waals surface area contributed by atoms with Gasteiger partial charge in [-0.2, -0.15) is 0 Å². The van der Waals surface area contributed by atoms with Gasteiger partial charge in [-0.25, -0.2) is 0 Å². The molecule has 0 unspecified atom stereocenters. The van der Waals surface area contributed by atoms with E-state index >= 15 is 0 Å². The van der Waals surface area contributed by atoms with Gasteiger partial charge in [0, 0.05) is 0 Å². The van der Waals surface area contributed by atoms with Crippen LogP contribution in [-0.2, 0) is 4.74 Å². The molecular weight excluding hydrogens is 220 g/mol. The van der Waals surface area contributed by atoms with Crippen molar-refractivity contribution in [2.24, 2.45) is 0 Å². The Kier molecular flexibility index (Phi) is 25.2. The molecule has 0 radical (unpaired) electrons. The van der Waals surface area contributed by atoms with Crippen molar-refractivity contribution in [1.82, 2.24) is 0 Å². The molecule has 18 heavy (non-hydrogen) atoms. The van der Waals surface area contributed by atoms with Gasteiger partial charge in [0.25, 0.3) is 0 Å². The van der Waals surface area contributed by atoms with Gasteiger partial charge < -0.3 is 4.74 Å². The molecule has 0 aliphatic carbocycles. The van der Waals surface area contributed by atoms with E-state index < -0.39 is 0 Å². The molecule has 0 amide bonds. The molecular formula is C17H30O. The predicted octanol–water partition coefficient (Wildman–Crippen LogP) is 6.18. The molecule has 0 heterocycles. The van der Waals surface area contributed by atoms with Gasteiger partial charge >= 0.3 is 0 Å². The van der Waals surface area contributed by atoms with Crippen LogP contribution in [0.4, 0.5) is 0 Å². The maximum absolute atomic E-state index is 5.60. The van der Waals surface area contributed by atoms with Crippen LogP contribution in [-0.4, -0.2) is 0 Å². The maximum Gasteiger partial charge on any atom is 0.127 e. The van der Waals surface area contributed by atoms with E-state index in [9.17, 15) is 0 Å². The molecule has 0 spiro atoms. The fourth-order valence-electron chi connectivity index (χ4n) is 0.894. The second kappa shape index (κ2) is 20.9. The van der Waals surface area contributed by atoms with Crippen molar-refractivity contribution in [3.8, 4) is 0 Å². The lowest BCUT2D eigenvalue weighted by Gasteiger charge is -2.05. The smallest absolute Gasteiger partial charge is 0.127 e. The number of ether oxygens (including phenoxy) is 1. The summed E-state index contributed by atoms with van der Waals surface area (Å²) in [5.41, 5.74) is 0. The minimum absolute atomic E-state index is 0.786. The van der Waals surface area contributed by atoms with Gasteiger partial charge in [-0.1, -0.05) is 52.5 Å². The Bertz CT molecular complexity index is 278. The van der Waals surface area contributed by atoms with Gasteiger partial charge in [0.05, 0.1) is 0 Å². The van der Waals surface area contributed by atoms with E-state index in [1.54, 1.807) is 6.08 Å². The fourth-order valence-corrected chi connectivity index (χ4v) is 0.894. The Hall–Kier alpha value is -1.50. The van der Waals surface area contributed by atoms with E-state index in [1.807, 2.05) is 84.9 Å². The van der Waals surface area contributed by atoms with Crippen molar-refractivity contribution in [1.29, 1.82) is 0 Å². The predicted molar refractivity (Wildman–Crippen MR) is 85.4 cm³/mol. The summed E-state index contributed by atoms with van der Waals surface area (Å²) >= 11 is 0. The van der Waals surface area contributed by atoms with Crippen LogP contribution < -0.4 is 0 Å². The first kappa shape index (κ1) is 21.8. The lowest BCUT2D eigenvalue weighted by Crippen LogP contribution is -1.87. The van der Waals surface area contributed by atoms with Crippen LogP contribution in [0.2, 0.25) is 0 Å². The number of rotatable bonds is 5. The number of hydrogen-bond donors (Lipinski definition) is 0. The van der Waals surface area contributed by atoms with Gasteiger partial charge in [-0.05, 0) is 45.1 Å². The standard InChI is InChI=1S/C13H18O.2C2H6/c1-5-9-12(8-4)14-13(10-6-2)11-7-3;2*1-2/h5-11H,2H2,1,3-4H3;2*1-2H3/b9-5-,11-7-,12-8+,13-10+;;. The van der Waals surface area contributed by atoms with Crippen molar-refractivity contribution in [2.45, 2.75) is 48.5 Å². The molecule has 0 atom stereocenters. The zero-order valence-electron chi connectivity index (χ0n) is 13.2. The zero-order chi connectivity index (χ0) is 14.8. The Morgan fingerprint density at radius 3 is 1.61 bits per heavy atom. The van der Waals surface area contributed by atoms with Gasteiger partial charge in [0.15, 0.2) is 0 Å². The molecule has 0 aromatic carbocycles. The third-order valence-electron chi connectivity index (χ3n) is 1.46. The highest BCUT2D eigenvalue weighted by Gasteiger charge is 1.94. The zero-order valence-corrected chi connectivity index (χ0v) is 13.2. The van der Waals surface area contributed by atoms with Crippen LogP contribution in [0.3, 0.4) is 0 Å². The van der Waals surface area contributed by atoms with Crippen molar-refractivity contribution in [3.63, 3.8) is 0 Å². The Balaban J connectivity index is -0.000000506. The van der Waals surface area contributed by atoms with E-state index in [2.05, 4.69) is 6.58 Å². The third kappa shape index (κ3) is 14.5. The largest absolute Gasteiger partial charge is 0.458 e. The quantitative estimate of drug-likeness (QED) is 0.418. The normalized spacial score (nSPS) is 11.5. The van der Waals surface area contributed by atoms with Crippen LogP contribution in [0.5, 0.6) is 0 Å². The summed E-state index contributed by atoms with van der Waals surface area (Å²) in [4.78, 5) is 0. The highest BCUT2D eigenvalue weighted by atomic mass is 16.5. The van der Waals surface area contributed by atoms with E-state index in [0.717, 1.165) is 11.5 Å². The second-order valence-corrected chi connectivity index (χ2v) is 2.60. The maximum atomic E-state index is 5.60. The second-order valence-electron chi connectivity index (χ2n) is 2.60. The molecule has 1 nitrogen and oxygen atoms in total. The molecule has 0 aromatic heterocycles. The van der Waals surface area contributed by atoms with Gasteiger partial charge in [-0.3, -0.25) is 0 Å². The topological polar surface area (TPSA) is 9.23 Å². The minimum atomic E-state index is 0.786. The summed E-state index contributed by atoms with van der Waals surface area (Å²) in [6, 6.07) is 0. The van der Waals surface area contributed by atoms with E-state index in [1.165, 1.54) is 0 Å². The summed E-state index contributed by atoms with van der Waals surface area (Å²) in [6.45, 7) is 17.5. The average molecular weight is 250 g/mol. The summed E-state index contributed by atoms with van der Waals surface area (Å²) in [6.07, 6.45) is 13.1. The van der Waals surface area contributed by atoms with E-state index in [4.69, 9.17) is 4.74 Å². The van der Waals surface area contributed by atoms with Crippen molar-refractivity contribution < 1.29 is 4.74 Å². The SMILES string of the molecule is C=C/C=C(\C=C/C)OC(/C=C\C)=C/C.CC.CC. The van der Waals surface area contributed by atoms with Crippen LogP contribution in [0, 0.1) is 0 Å². The highest BCUT2D eigenvalue weighted by Crippen LogP contribution is 2.09. The molecule has 0 aliphatic rings. The monoisotopic (exact) mass is 250 g/mol. The first-order valence-corrected chi connectivity index (χ1v) is 6.70. The molecule has 0 bridgehead atoms. The van der Waals surface area contributed by atoms with Crippen LogP contribution in [0.15, 0.2) is 60.6 Å². The van der Waals surface area contributed by atoms with Gasteiger partial charge in [0.1, 0.15) is 11.5 Å². The lowest BCUT2D eigenvalue weighted by molar-refractivity contribution is 0.335. The summed E-state index contributed by atoms with van der Waals surface area (Å²) in [5, 5.41) is 0. The molecule has 0 saturated carbocycles. The van der Waals surface area contributed by atoms with Crippen molar-refractivity contribution in [3.05, 3.63) is 60.6 Å². The molecule has 0 fully saturated rings. The molecule has 104 valence electrons. The van der Waals surface area contributed by atoms with Crippen molar-refractivity contribution >= 4 is 0 Å². The number of hydrogen-bond acceptors (Lipinski definition) is 1. The Labute approximate surface area is 114 Å². The Morgan fingerprint density at radius 2 is 1.28 bits per heavy atom. The minimum Gasteiger partial charge on any atom is -0.458 e. The van der Waals surface area contributed by atoms with Crippen molar-refractivity contribution in [2.75, 3.05) is 0 Å². The molecule has 0 rings (SSSR count). The lowest BCUT2D eigenvalue weighted by atomic mass is 10.3. The molecule has 0 aliphatic heterocycles. The van der Waals surface area contributed by atoms with Gasteiger partial charge in [0.2, 0.25) is 0 Å². The first-order valence-electron chi connectivity index (χ1n) is 6.70. The average Bonchev–Trinajstić information content (AvgIpc) is 2.43. The summed E-state index contributed by atoms with van der Waals surface area (Å²) < 4.78 is 5.60. The summed E-state index contributed by atoms with van der Waals surface area (Å²) in [5.74, 6) is 1.62. The summed E-state index contributed by atoms with van der Waals surface area (Å²) in [7, 11) is 0.